The van der Waals surface area contributed by atoms with E-state index in [2.05, 4.69) is 15.5 Å². The van der Waals surface area contributed by atoms with Crippen LogP contribution in [0.25, 0.3) is 0 Å². The van der Waals surface area contributed by atoms with Crippen LogP contribution in [0.15, 0.2) is 60.7 Å². The minimum atomic E-state index is -1.46. The van der Waals surface area contributed by atoms with E-state index in [-0.39, 0.29) is 23.6 Å². The van der Waals surface area contributed by atoms with Crippen molar-refractivity contribution >= 4 is 40.6 Å². The summed E-state index contributed by atoms with van der Waals surface area (Å²) in [7, 11) is 0. The number of fused-ring (bicyclic) bond motifs is 7. The van der Waals surface area contributed by atoms with E-state index in [0.717, 1.165) is 24.0 Å². The van der Waals surface area contributed by atoms with E-state index in [4.69, 9.17) is 11.6 Å². The van der Waals surface area contributed by atoms with Crippen molar-refractivity contribution in [2.24, 2.45) is 5.92 Å². The fourth-order valence-corrected chi connectivity index (χ4v) is 7.98. The lowest BCUT2D eigenvalue weighted by Gasteiger charge is -2.43. The van der Waals surface area contributed by atoms with E-state index in [1.807, 2.05) is 74.5 Å². The molecule has 7 rings (SSSR count). The van der Waals surface area contributed by atoms with Crippen molar-refractivity contribution in [3.8, 4) is 0 Å². The quantitative estimate of drug-likeness (QED) is 0.476. The SMILES string of the molecule is Cc1ccc(C(=O)C2C3CCCN3C3(C(=O)Nc4c(C)cc(Cl)cc43)C23C(=O)Nc2ccccc23)cc1. The van der Waals surface area contributed by atoms with Crippen molar-refractivity contribution in [3.05, 3.63) is 93.5 Å². The molecule has 2 fully saturated rings. The number of ketones is 1. The molecule has 2 spiro atoms. The molecule has 4 heterocycles. The Morgan fingerprint density at radius 2 is 1.73 bits per heavy atom. The van der Waals surface area contributed by atoms with Gasteiger partial charge in [-0.1, -0.05) is 59.6 Å². The molecule has 0 saturated carbocycles. The predicted octanol–water partition coefficient (Wildman–Crippen LogP) is 4.97. The highest BCUT2D eigenvalue weighted by atomic mass is 35.5. The Bertz CT molecular complexity index is 1530. The smallest absolute Gasteiger partial charge is 0.251 e. The van der Waals surface area contributed by atoms with Crippen LogP contribution >= 0.6 is 11.6 Å². The van der Waals surface area contributed by atoms with Gasteiger partial charge in [-0.3, -0.25) is 19.3 Å². The summed E-state index contributed by atoms with van der Waals surface area (Å²) in [6, 6.07) is 18.3. The fraction of sp³-hybridized carbons (Fsp3) is 0.300. The Hall–Kier alpha value is -3.48. The minimum absolute atomic E-state index is 0.111. The summed E-state index contributed by atoms with van der Waals surface area (Å²) in [5.41, 5.74) is 2.28. The van der Waals surface area contributed by atoms with Gasteiger partial charge in [0.05, 0.1) is 5.92 Å². The fourth-order valence-electron chi connectivity index (χ4n) is 7.71. The van der Waals surface area contributed by atoms with Gasteiger partial charge in [0.15, 0.2) is 5.78 Å². The highest BCUT2D eigenvalue weighted by molar-refractivity contribution is 6.31. The first kappa shape index (κ1) is 22.7. The summed E-state index contributed by atoms with van der Waals surface area (Å²) in [5.74, 6) is -1.45. The van der Waals surface area contributed by atoms with Crippen LogP contribution in [0.5, 0.6) is 0 Å². The number of aryl methyl sites for hydroxylation is 2. The molecule has 186 valence electrons. The van der Waals surface area contributed by atoms with Crippen molar-refractivity contribution < 1.29 is 14.4 Å². The molecule has 2 amide bonds. The van der Waals surface area contributed by atoms with Gasteiger partial charge in [0.25, 0.3) is 5.91 Å². The summed E-state index contributed by atoms with van der Waals surface area (Å²) in [4.78, 5) is 45.6. The van der Waals surface area contributed by atoms with Crippen LogP contribution < -0.4 is 10.6 Å². The van der Waals surface area contributed by atoms with E-state index in [1.54, 1.807) is 0 Å². The Labute approximate surface area is 220 Å². The number of hydrogen-bond donors (Lipinski definition) is 2. The Balaban J connectivity index is 1.60. The zero-order valence-electron chi connectivity index (χ0n) is 20.6. The van der Waals surface area contributed by atoms with E-state index in [9.17, 15) is 14.4 Å². The molecule has 0 aliphatic carbocycles. The number of hydrogen-bond acceptors (Lipinski definition) is 4. The van der Waals surface area contributed by atoms with E-state index >= 15 is 0 Å². The van der Waals surface area contributed by atoms with Crippen molar-refractivity contribution in [2.45, 2.75) is 43.7 Å². The van der Waals surface area contributed by atoms with Crippen LogP contribution in [0, 0.1) is 19.8 Å². The topological polar surface area (TPSA) is 78.5 Å². The molecule has 2 N–H and O–H groups in total. The number of carbonyl (C=O) groups excluding carboxylic acids is 3. The normalized spacial score (nSPS) is 29.4. The van der Waals surface area contributed by atoms with Gasteiger partial charge >= 0.3 is 0 Å². The molecule has 3 aromatic carbocycles. The van der Waals surface area contributed by atoms with Gasteiger partial charge in [-0.15, -0.1) is 0 Å². The lowest BCUT2D eigenvalue weighted by Crippen LogP contribution is -2.62. The van der Waals surface area contributed by atoms with Gasteiger partial charge in [0.2, 0.25) is 5.91 Å². The number of carbonyl (C=O) groups is 3. The number of benzene rings is 3. The third kappa shape index (κ3) is 2.57. The zero-order chi connectivity index (χ0) is 25.7. The molecule has 4 aliphatic heterocycles. The van der Waals surface area contributed by atoms with Gasteiger partial charge < -0.3 is 10.6 Å². The molecule has 2 saturated heterocycles. The van der Waals surface area contributed by atoms with E-state index < -0.39 is 16.9 Å². The molecule has 7 heteroatoms. The average molecular weight is 512 g/mol. The van der Waals surface area contributed by atoms with Crippen LogP contribution in [0.3, 0.4) is 0 Å². The molecule has 0 bridgehead atoms. The number of rotatable bonds is 2. The molecule has 0 radical (unpaired) electrons. The number of amides is 2. The van der Waals surface area contributed by atoms with Crippen molar-refractivity contribution in [1.82, 2.24) is 4.90 Å². The summed E-state index contributed by atoms with van der Waals surface area (Å²) < 4.78 is 0. The highest BCUT2D eigenvalue weighted by Crippen LogP contribution is 2.68. The van der Waals surface area contributed by atoms with Crippen molar-refractivity contribution in [2.75, 3.05) is 17.2 Å². The van der Waals surface area contributed by atoms with Gasteiger partial charge in [-0.05, 0) is 62.6 Å². The van der Waals surface area contributed by atoms with Gasteiger partial charge in [-0.25, -0.2) is 0 Å². The second kappa shape index (κ2) is 7.53. The maximum absolute atomic E-state index is 14.5. The Kier molecular flexibility index (Phi) is 4.62. The molecule has 4 aliphatic rings. The third-order valence-electron chi connectivity index (χ3n) is 8.99. The van der Waals surface area contributed by atoms with E-state index in [0.29, 0.717) is 39.6 Å². The van der Waals surface area contributed by atoms with Gasteiger partial charge in [0.1, 0.15) is 11.0 Å². The Morgan fingerprint density at radius 3 is 2.51 bits per heavy atom. The number of anilines is 2. The molecule has 3 aromatic rings. The Morgan fingerprint density at radius 1 is 0.973 bits per heavy atom. The molecule has 37 heavy (non-hydrogen) atoms. The van der Waals surface area contributed by atoms with Crippen molar-refractivity contribution in [3.63, 3.8) is 0 Å². The number of Topliss-reactive ketones (excluding diaryl/α,β-unsaturated/α-hetero) is 1. The summed E-state index contributed by atoms with van der Waals surface area (Å²) >= 11 is 6.60. The van der Waals surface area contributed by atoms with Crippen LogP contribution in [-0.2, 0) is 20.5 Å². The lowest BCUT2D eigenvalue weighted by atomic mass is 9.57. The molecular formula is C30H26ClN3O3. The van der Waals surface area contributed by atoms with E-state index in [1.165, 1.54) is 0 Å². The summed E-state index contributed by atoms with van der Waals surface area (Å²) in [5, 5.41) is 6.68. The maximum Gasteiger partial charge on any atom is 0.251 e. The zero-order valence-corrected chi connectivity index (χ0v) is 21.4. The predicted molar refractivity (Wildman–Crippen MR) is 142 cm³/mol. The van der Waals surface area contributed by atoms with Crippen LogP contribution in [0.1, 0.15) is 45.5 Å². The molecular weight excluding hydrogens is 486 g/mol. The number of para-hydroxylation sites is 1. The second-order valence-corrected chi connectivity index (χ2v) is 11.2. The first-order chi connectivity index (χ1) is 17.8. The highest BCUT2D eigenvalue weighted by Gasteiger charge is 2.81. The van der Waals surface area contributed by atoms with Crippen LogP contribution in [-0.4, -0.2) is 35.1 Å². The largest absolute Gasteiger partial charge is 0.325 e. The number of halogens is 1. The third-order valence-corrected chi connectivity index (χ3v) is 9.20. The monoisotopic (exact) mass is 511 g/mol. The molecule has 4 atom stereocenters. The number of nitrogens with one attached hydrogen (secondary N) is 2. The van der Waals surface area contributed by atoms with Gasteiger partial charge in [-0.2, -0.15) is 0 Å². The summed E-state index contributed by atoms with van der Waals surface area (Å²) in [6.45, 7) is 4.49. The molecule has 0 aromatic heterocycles. The second-order valence-electron chi connectivity index (χ2n) is 10.7. The van der Waals surface area contributed by atoms with Crippen LogP contribution in [0.4, 0.5) is 11.4 Å². The number of nitrogens with zero attached hydrogens (tertiary/aromatic N) is 1. The summed E-state index contributed by atoms with van der Waals surface area (Å²) in [6.07, 6.45) is 1.56. The molecule has 6 nitrogen and oxygen atoms in total. The van der Waals surface area contributed by atoms with Crippen molar-refractivity contribution in [1.29, 1.82) is 0 Å². The van der Waals surface area contributed by atoms with Gasteiger partial charge in [0, 0.05) is 33.6 Å². The lowest BCUT2D eigenvalue weighted by molar-refractivity contribution is -0.137. The standard InChI is InChI=1S/C30H26ClN3O3/c1-16-9-11-18(12-10-16)26(35)24-23-8-5-13-34(23)30(21-15-19(31)14-17(2)25(21)33-28(30)37)29(24)20-6-3-4-7-22(20)32-27(29)36/h3-4,6-7,9-12,14-15,23-24H,5,8,13H2,1-2H3,(H,32,36)(H,33,37). The average Bonchev–Trinajstić information content (AvgIpc) is 3.59. The maximum atomic E-state index is 14.5. The minimum Gasteiger partial charge on any atom is -0.325 e. The first-order valence-corrected chi connectivity index (χ1v) is 13.1. The first-order valence-electron chi connectivity index (χ1n) is 12.7. The van der Waals surface area contributed by atoms with Crippen LogP contribution in [0.2, 0.25) is 5.02 Å². The molecule has 4 unspecified atom stereocenters.